The van der Waals surface area contributed by atoms with Gasteiger partial charge in [-0.2, -0.15) is 5.10 Å². The maximum Gasteiger partial charge on any atom is 0.273 e. The normalized spacial score (nSPS) is 18.4. The highest BCUT2D eigenvalue weighted by molar-refractivity contribution is 6.00. The molecule has 0 saturated carbocycles. The number of hydrogen-bond acceptors (Lipinski definition) is 6. The van der Waals surface area contributed by atoms with Crippen LogP contribution in [0.2, 0.25) is 0 Å². The van der Waals surface area contributed by atoms with Gasteiger partial charge in [0.2, 0.25) is 0 Å². The van der Waals surface area contributed by atoms with Crippen LogP contribution in [0.3, 0.4) is 0 Å². The van der Waals surface area contributed by atoms with E-state index < -0.39 is 0 Å². The van der Waals surface area contributed by atoms with Gasteiger partial charge in [-0.3, -0.25) is 14.8 Å². The third-order valence-corrected chi connectivity index (χ3v) is 6.42. The van der Waals surface area contributed by atoms with Gasteiger partial charge in [0, 0.05) is 37.3 Å². The molecule has 1 atom stereocenters. The summed E-state index contributed by atoms with van der Waals surface area (Å²) in [5, 5.41) is 7.57. The number of rotatable bonds is 7. The summed E-state index contributed by atoms with van der Waals surface area (Å²) >= 11 is 0. The number of fused-ring (bicyclic) bond motifs is 1. The molecule has 0 radical (unpaired) electrons. The van der Waals surface area contributed by atoms with Crippen molar-refractivity contribution in [3.05, 3.63) is 65.4 Å². The molecule has 8 nitrogen and oxygen atoms in total. The van der Waals surface area contributed by atoms with E-state index in [1.807, 2.05) is 53.4 Å². The van der Waals surface area contributed by atoms with E-state index >= 15 is 0 Å². The first-order chi connectivity index (χ1) is 16.2. The van der Waals surface area contributed by atoms with E-state index in [1.54, 1.807) is 14.2 Å². The lowest BCUT2D eigenvalue weighted by Crippen LogP contribution is -2.42. The van der Waals surface area contributed by atoms with Crippen molar-refractivity contribution in [1.82, 2.24) is 20.0 Å². The van der Waals surface area contributed by atoms with Gasteiger partial charge in [-0.05, 0) is 42.0 Å². The highest BCUT2D eigenvalue weighted by Gasteiger charge is 2.42. The quantitative estimate of drug-likeness (QED) is 0.599. The molecular weight excluding hydrogens is 420 g/mol. The molecule has 0 spiro atoms. The molecule has 1 fully saturated rings. The largest absolute Gasteiger partial charge is 0.497 e. The van der Waals surface area contributed by atoms with Gasteiger partial charge in [0.05, 0.1) is 39.2 Å². The Bertz CT molecular complexity index is 1100. The van der Waals surface area contributed by atoms with E-state index in [2.05, 4.69) is 15.1 Å². The van der Waals surface area contributed by atoms with E-state index in [4.69, 9.17) is 14.2 Å². The molecule has 1 aromatic heterocycles. The first kappa shape index (κ1) is 21.5. The zero-order valence-corrected chi connectivity index (χ0v) is 18.9. The molecule has 0 bridgehead atoms. The number of ether oxygens (including phenoxy) is 3. The van der Waals surface area contributed by atoms with Crippen LogP contribution in [0.25, 0.3) is 11.3 Å². The molecule has 0 aliphatic carbocycles. The Morgan fingerprint density at radius 2 is 1.61 bits per heavy atom. The van der Waals surface area contributed by atoms with Crippen LogP contribution < -0.4 is 9.47 Å². The Hall–Kier alpha value is -3.36. The Kier molecular flexibility index (Phi) is 6.02. The number of hydrogen-bond donors (Lipinski definition) is 1. The zero-order chi connectivity index (χ0) is 22.8. The summed E-state index contributed by atoms with van der Waals surface area (Å²) in [6.45, 7) is 4.68. The van der Waals surface area contributed by atoms with Gasteiger partial charge in [-0.25, -0.2) is 0 Å². The molecule has 3 aromatic rings. The van der Waals surface area contributed by atoms with Crippen molar-refractivity contribution >= 4 is 5.91 Å². The second-order valence-corrected chi connectivity index (χ2v) is 8.22. The van der Waals surface area contributed by atoms with Crippen molar-refractivity contribution in [2.75, 3.05) is 53.6 Å². The molecule has 3 heterocycles. The molecule has 1 saturated heterocycles. The summed E-state index contributed by atoms with van der Waals surface area (Å²) < 4.78 is 16.1. The van der Waals surface area contributed by atoms with E-state index in [1.165, 1.54) is 0 Å². The van der Waals surface area contributed by atoms with Gasteiger partial charge in [-0.1, -0.05) is 12.1 Å². The number of nitrogens with zero attached hydrogens (tertiary/aromatic N) is 3. The molecule has 1 N–H and O–H groups in total. The average Bonchev–Trinajstić information content (AvgIpc) is 3.42. The summed E-state index contributed by atoms with van der Waals surface area (Å²) in [6, 6.07) is 15.5. The lowest BCUT2D eigenvalue weighted by Gasteiger charge is -2.31. The van der Waals surface area contributed by atoms with Crippen LogP contribution in [0, 0.1) is 0 Å². The number of aromatic amines is 1. The van der Waals surface area contributed by atoms with Crippen molar-refractivity contribution < 1.29 is 19.0 Å². The fraction of sp³-hybridized carbons (Fsp3) is 0.360. The van der Waals surface area contributed by atoms with Crippen LogP contribution in [-0.2, 0) is 4.74 Å². The minimum Gasteiger partial charge on any atom is -0.497 e. The van der Waals surface area contributed by atoms with Crippen molar-refractivity contribution in [3.63, 3.8) is 0 Å². The summed E-state index contributed by atoms with van der Waals surface area (Å²) in [5.41, 5.74) is 4.23. The van der Waals surface area contributed by atoms with Crippen molar-refractivity contribution in [2.24, 2.45) is 0 Å². The number of methoxy groups -OCH3 is 2. The third-order valence-electron chi connectivity index (χ3n) is 6.42. The van der Waals surface area contributed by atoms with Crippen molar-refractivity contribution in [2.45, 2.75) is 6.04 Å². The molecule has 1 amide bonds. The van der Waals surface area contributed by atoms with E-state index in [0.29, 0.717) is 12.2 Å². The molecular formula is C25H28N4O4. The molecule has 2 aliphatic heterocycles. The SMILES string of the molecule is COc1ccc(-c2n[nH]c3c2C(c2ccc(OC)cc2)N(CCN2CCOCC2)C3=O)cc1. The van der Waals surface area contributed by atoms with Crippen molar-refractivity contribution in [1.29, 1.82) is 0 Å². The smallest absolute Gasteiger partial charge is 0.273 e. The number of carbonyl (C=O) groups excluding carboxylic acids is 1. The second kappa shape index (κ2) is 9.25. The molecule has 8 heteroatoms. The van der Waals surface area contributed by atoms with Crippen LogP contribution in [0.4, 0.5) is 0 Å². The van der Waals surface area contributed by atoms with Crippen LogP contribution in [0.15, 0.2) is 48.5 Å². The van der Waals surface area contributed by atoms with Gasteiger partial charge in [0.1, 0.15) is 17.2 Å². The van der Waals surface area contributed by atoms with Gasteiger partial charge in [0.15, 0.2) is 0 Å². The molecule has 5 rings (SSSR count). The summed E-state index contributed by atoms with van der Waals surface area (Å²) in [4.78, 5) is 17.8. The Labute approximate surface area is 193 Å². The average molecular weight is 449 g/mol. The minimum atomic E-state index is -0.227. The van der Waals surface area contributed by atoms with E-state index in [0.717, 1.165) is 66.7 Å². The first-order valence-corrected chi connectivity index (χ1v) is 11.2. The predicted molar refractivity (Wildman–Crippen MR) is 124 cm³/mol. The Balaban J connectivity index is 1.51. The topological polar surface area (TPSA) is 79.9 Å². The van der Waals surface area contributed by atoms with Crippen LogP contribution in [-0.4, -0.2) is 79.5 Å². The summed E-state index contributed by atoms with van der Waals surface area (Å²) in [6.07, 6.45) is 0. The third kappa shape index (κ3) is 4.07. The fourth-order valence-corrected chi connectivity index (χ4v) is 4.60. The number of amides is 1. The Morgan fingerprint density at radius 1 is 0.970 bits per heavy atom. The molecule has 172 valence electrons. The number of benzene rings is 2. The van der Waals surface area contributed by atoms with E-state index in [9.17, 15) is 4.79 Å². The van der Waals surface area contributed by atoms with Gasteiger partial charge >= 0.3 is 0 Å². The summed E-state index contributed by atoms with van der Waals surface area (Å²) in [5.74, 6) is 1.54. The first-order valence-electron chi connectivity index (χ1n) is 11.2. The molecule has 2 aliphatic rings. The van der Waals surface area contributed by atoms with Crippen LogP contribution >= 0.6 is 0 Å². The highest BCUT2D eigenvalue weighted by Crippen LogP contribution is 2.43. The molecule has 33 heavy (non-hydrogen) atoms. The van der Waals surface area contributed by atoms with Crippen LogP contribution in [0.1, 0.15) is 27.7 Å². The lowest BCUT2D eigenvalue weighted by atomic mass is 9.96. The summed E-state index contributed by atoms with van der Waals surface area (Å²) in [7, 11) is 3.30. The minimum absolute atomic E-state index is 0.0219. The second-order valence-electron chi connectivity index (χ2n) is 8.22. The maximum absolute atomic E-state index is 13.5. The Morgan fingerprint density at radius 3 is 2.24 bits per heavy atom. The fourth-order valence-electron chi connectivity index (χ4n) is 4.60. The molecule has 1 unspecified atom stereocenters. The van der Waals surface area contributed by atoms with Crippen molar-refractivity contribution in [3.8, 4) is 22.8 Å². The molecule has 2 aromatic carbocycles. The number of aromatic nitrogens is 2. The number of nitrogens with one attached hydrogen (secondary N) is 1. The zero-order valence-electron chi connectivity index (χ0n) is 18.9. The van der Waals surface area contributed by atoms with Gasteiger partial charge < -0.3 is 19.1 Å². The van der Waals surface area contributed by atoms with Gasteiger partial charge in [0.25, 0.3) is 5.91 Å². The van der Waals surface area contributed by atoms with Gasteiger partial charge in [-0.15, -0.1) is 0 Å². The predicted octanol–water partition coefficient (Wildman–Crippen LogP) is 2.97. The van der Waals surface area contributed by atoms with E-state index in [-0.39, 0.29) is 11.9 Å². The lowest BCUT2D eigenvalue weighted by molar-refractivity contribution is 0.0316. The standard InChI is InChI=1S/C25H28N4O4/c1-31-19-7-3-17(4-8-19)22-21-23(27-26-22)25(30)29(12-11-28-13-15-33-16-14-28)24(21)18-5-9-20(32-2)10-6-18/h3-10,24H,11-16H2,1-2H3,(H,26,27). The number of carbonyl (C=O) groups is 1. The maximum atomic E-state index is 13.5. The number of morpholine rings is 1. The highest BCUT2D eigenvalue weighted by atomic mass is 16.5. The monoisotopic (exact) mass is 448 g/mol. The number of H-pyrrole nitrogens is 1. The van der Waals surface area contributed by atoms with Crippen LogP contribution in [0.5, 0.6) is 11.5 Å².